The monoisotopic (exact) mass is 227 g/mol. The van der Waals surface area contributed by atoms with Crippen molar-refractivity contribution in [1.82, 2.24) is 15.2 Å². The molecule has 5 heteroatoms. The van der Waals surface area contributed by atoms with Crippen LogP contribution in [0, 0.1) is 0 Å². The molecule has 1 atom stereocenters. The average molecular weight is 227 g/mol. The Kier molecular flexibility index (Phi) is 4.71. The molecular formula is C10H17N3OS. The number of likely N-dealkylation sites (N-methyl/N-ethyl adjacent to an activating group) is 1. The zero-order chi connectivity index (χ0) is 11.3. The Balaban J connectivity index is 2.35. The molecule has 1 rings (SSSR count). The molecule has 0 saturated carbocycles. The average Bonchev–Trinajstić information content (AvgIpc) is 2.76. The molecule has 1 heterocycles. The second-order valence-electron chi connectivity index (χ2n) is 3.38. The molecule has 84 valence electrons. The van der Waals surface area contributed by atoms with Crippen LogP contribution in [0.1, 0.15) is 18.9 Å². The number of hydrogen-bond donors (Lipinski definition) is 1. The number of carbonyl (C=O) groups excluding carboxylic acids is 1. The molecular weight excluding hydrogens is 210 g/mol. The van der Waals surface area contributed by atoms with Gasteiger partial charge < -0.3 is 4.90 Å². The first-order valence-corrected chi connectivity index (χ1v) is 5.89. The predicted octanol–water partition coefficient (Wildman–Crippen LogP) is 1.10. The lowest BCUT2D eigenvalue weighted by atomic mass is 10.3. The fraction of sp³-hybridized carbons (Fsp3) is 0.600. The standard InChI is InChI=1S/C10H17N3OS/c1-4-13(3)10(14)8(2)12-7-9-11-5-6-15-9/h5-6,8,12H,4,7H2,1-3H3. The van der Waals surface area contributed by atoms with Crippen LogP contribution < -0.4 is 5.32 Å². The molecule has 1 aromatic heterocycles. The molecule has 0 fully saturated rings. The Hall–Kier alpha value is -0.940. The number of thiazole rings is 1. The van der Waals surface area contributed by atoms with E-state index in [9.17, 15) is 4.79 Å². The summed E-state index contributed by atoms with van der Waals surface area (Å²) >= 11 is 1.59. The smallest absolute Gasteiger partial charge is 0.239 e. The van der Waals surface area contributed by atoms with Gasteiger partial charge in [-0.1, -0.05) is 0 Å². The predicted molar refractivity (Wildman–Crippen MR) is 61.7 cm³/mol. The van der Waals surface area contributed by atoms with Crippen LogP contribution in [0.3, 0.4) is 0 Å². The highest BCUT2D eigenvalue weighted by molar-refractivity contribution is 7.09. The molecule has 1 aromatic rings. The van der Waals surface area contributed by atoms with Crippen molar-refractivity contribution in [1.29, 1.82) is 0 Å². The van der Waals surface area contributed by atoms with Crippen LogP contribution in [-0.2, 0) is 11.3 Å². The molecule has 0 aliphatic carbocycles. The summed E-state index contributed by atoms with van der Waals surface area (Å²) in [5.74, 6) is 0.119. The van der Waals surface area contributed by atoms with Gasteiger partial charge in [-0.15, -0.1) is 11.3 Å². The maximum Gasteiger partial charge on any atom is 0.239 e. The van der Waals surface area contributed by atoms with E-state index in [0.717, 1.165) is 11.6 Å². The summed E-state index contributed by atoms with van der Waals surface area (Å²) in [5.41, 5.74) is 0. The Bertz CT molecular complexity index is 300. The second-order valence-corrected chi connectivity index (χ2v) is 4.36. The lowest BCUT2D eigenvalue weighted by Crippen LogP contribution is -2.42. The van der Waals surface area contributed by atoms with Gasteiger partial charge in [-0.25, -0.2) is 4.98 Å². The van der Waals surface area contributed by atoms with Crippen molar-refractivity contribution in [3.05, 3.63) is 16.6 Å². The summed E-state index contributed by atoms with van der Waals surface area (Å²) in [6, 6.07) is -0.154. The van der Waals surface area contributed by atoms with Crippen LogP contribution in [0.4, 0.5) is 0 Å². The van der Waals surface area contributed by atoms with E-state index in [-0.39, 0.29) is 11.9 Å². The van der Waals surface area contributed by atoms with E-state index in [2.05, 4.69) is 10.3 Å². The SMILES string of the molecule is CCN(C)C(=O)C(C)NCc1nccs1. The number of rotatable bonds is 5. The highest BCUT2D eigenvalue weighted by Crippen LogP contribution is 2.03. The Morgan fingerprint density at radius 2 is 2.47 bits per heavy atom. The summed E-state index contributed by atoms with van der Waals surface area (Å²) in [6.07, 6.45) is 1.77. The van der Waals surface area contributed by atoms with E-state index in [1.165, 1.54) is 0 Å². The van der Waals surface area contributed by atoms with Crippen LogP contribution in [0.15, 0.2) is 11.6 Å². The molecule has 1 unspecified atom stereocenters. The van der Waals surface area contributed by atoms with E-state index in [1.807, 2.05) is 26.3 Å². The third-order valence-electron chi connectivity index (χ3n) is 2.26. The highest BCUT2D eigenvalue weighted by atomic mass is 32.1. The molecule has 1 amide bonds. The van der Waals surface area contributed by atoms with Gasteiger partial charge >= 0.3 is 0 Å². The fourth-order valence-electron chi connectivity index (χ4n) is 1.15. The summed E-state index contributed by atoms with van der Waals surface area (Å²) < 4.78 is 0. The van der Waals surface area contributed by atoms with E-state index in [4.69, 9.17) is 0 Å². The molecule has 0 saturated heterocycles. The van der Waals surface area contributed by atoms with Gasteiger partial charge in [0, 0.05) is 31.7 Å². The van der Waals surface area contributed by atoms with Crippen molar-refractivity contribution in [2.75, 3.05) is 13.6 Å². The first kappa shape index (κ1) is 12.1. The Labute approximate surface area is 94.3 Å². The van der Waals surface area contributed by atoms with Crippen LogP contribution in [0.5, 0.6) is 0 Å². The van der Waals surface area contributed by atoms with Crippen molar-refractivity contribution in [2.45, 2.75) is 26.4 Å². The molecule has 0 radical (unpaired) electrons. The summed E-state index contributed by atoms with van der Waals surface area (Å²) in [7, 11) is 1.81. The molecule has 1 N–H and O–H groups in total. The zero-order valence-corrected chi connectivity index (χ0v) is 10.2. The van der Waals surface area contributed by atoms with Gasteiger partial charge in [-0.3, -0.25) is 10.1 Å². The van der Waals surface area contributed by atoms with Crippen molar-refractivity contribution >= 4 is 17.2 Å². The lowest BCUT2D eigenvalue weighted by Gasteiger charge is -2.20. The van der Waals surface area contributed by atoms with Crippen LogP contribution in [0.25, 0.3) is 0 Å². The Morgan fingerprint density at radius 3 is 3.00 bits per heavy atom. The number of amides is 1. The third kappa shape index (κ3) is 3.60. The third-order valence-corrected chi connectivity index (χ3v) is 3.04. The Morgan fingerprint density at radius 1 is 1.73 bits per heavy atom. The molecule has 0 aliphatic rings. The normalized spacial score (nSPS) is 12.5. The van der Waals surface area contributed by atoms with E-state index < -0.39 is 0 Å². The summed E-state index contributed by atoms with van der Waals surface area (Å²) in [5, 5.41) is 6.10. The molecule has 4 nitrogen and oxygen atoms in total. The molecule has 15 heavy (non-hydrogen) atoms. The van der Waals surface area contributed by atoms with Gasteiger partial charge in [0.2, 0.25) is 5.91 Å². The van der Waals surface area contributed by atoms with Gasteiger partial charge in [0.25, 0.3) is 0 Å². The van der Waals surface area contributed by atoms with E-state index >= 15 is 0 Å². The fourth-order valence-corrected chi connectivity index (χ4v) is 1.72. The van der Waals surface area contributed by atoms with Crippen LogP contribution in [0.2, 0.25) is 0 Å². The number of carbonyl (C=O) groups is 1. The van der Waals surface area contributed by atoms with Gasteiger partial charge in [-0.05, 0) is 13.8 Å². The van der Waals surface area contributed by atoms with Gasteiger partial charge in [0.1, 0.15) is 5.01 Å². The van der Waals surface area contributed by atoms with Gasteiger partial charge in [-0.2, -0.15) is 0 Å². The molecule has 0 aliphatic heterocycles. The second kappa shape index (κ2) is 5.82. The number of nitrogens with one attached hydrogen (secondary N) is 1. The maximum atomic E-state index is 11.7. The quantitative estimate of drug-likeness (QED) is 0.819. The largest absolute Gasteiger partial charge is 0.345 e. The van der Waals surface area contributed by atoms with Crippen LogP contribution >= 0.6 is 11.3 Å². The number of aromatic nitrogens is 1. The van der Waals surface area contributed by atoms with Gasteiger partial charge in [0.05, 0.1) is 6.04 Å². The lowest BCUT2D eigenvalue weighted by molar-refractivity contribution is -0.131. The first-order valence-electron chi connectivity index (χ1n) is 5.02. The minimum Gasteiger partial charge on any atom is -0.345 e. The minimum absolute atomic E-state index is 0.119. The zero-order valence-electron chi connectivity index (χ0n) is 9.36. The summed E-state index contributed by atoms with van der Waals surface area (Å²) in [6.45, 7) is 5.23. The van der Waals surface area contributed by atoms with Crippen molar-refractivity contribution in [2.24, 2.45) is 0 Å². The van der Waals surface area contributed by atoms with Crippen LogP contribution in [-0.4, -0.2) is 35.4 Å². The number of nitrogens with zero attached hydrogens (tertiary/aromatic N) is 2. The van der Waals surface area contributed by atoms with E-state index in [1.54, 1.807) is 22.4 Å². The van der Waals surface area contributed by atoms with Crippen molar-refractivity contribution in [3.8, 4) is 0 Å². The topological polar surface area (TPSA) is 45.2 Å². The highest BCUT2D eigenvalue weighted by Gasteiger charge is 2.15. The first-order chi connectivity index (χ1) is 7.15. The minimum atomic E-state index is -0.154. The molecule has 0 aromatic carbocycles. The molecule has 0 spiro atoms. The van der Waals surface area contributed by atoms with Crippen molar-refractivity contribution in [3.63, 3.8) is 0 Å². The molecule has 0 bridgehead atoms. The van der Waals surface area contributed by atoms with Gasteiger partial charge in [0.15, 0.2) is 0 Å². The maximum absolute atomic E-state index is 11.7. The van der Waals surface area contributed by atoms with E-state index in [0.29, 0.717) is 6.54 Å². The number of hydrogen-bond acceptors (Lipinski definition) is 4. The van der Waals surface area contributed by atoms with Crippen molar-refractivity contribution < 1.29 is 4.79 Å². The summed E-state index contributed by atoms with van der Waals surface area (Å²) in [4.78, 5) is 17.5.